The lowest BCUT2D eigenvalue weighted by molar-refractivity contribution is -0.0682. The topological polar surface area (TPSA) is 53.1 Å². The Labute approximate surface area is 117 Å². The Hall–Kier alpha value is -1.26. The minimum Gasteiger partial charge on any atom is -0.375 e. The summed E-state index contributed by atoms with van der Waals surface area (Å²) in [5, 5.41) is 0.647. The number of hydrogen-bond acceptors (Lipinski definition) is 3. The van der Waals surface area contributed by atoms with Crippen molar-refractivity contribution >= 4 is 28.6 Å². The summed E-state index contributed by atoms with van der Waals surface area (Å²) >= 11 is 6.18. The van der Waals surface area contributed by atoms with Crippen LogP contribution in [0.2, 0.25) is 5.02 Å². The maximum atomic E-state index is 6.18. The molecule has 1 unspecified atom stereocenters. The highest BCUT2D eigenvalue weighted by molar-refractivity contribution is 6.35. The average molecular weight is 280 g/mol. The van der Waals surface area contributed by atoms with Gasteiger partial charge in [0.05, 0.1) is 16.1 Å². The first-order valence-electron chi connectivity index (χ1n) is 6.54. The molecule has 0 spiro atoms. The van der Waals surface area contributed by atoms with Crippen molar-refractivity contribution in [1.82, 2.24) is 9.55 Å². The zero-order valence-electron chi connectivity index (χ0n) is 11.2. The van der Waals surface area contributed by atoms with Gasteiger partial charge in [-0.1, -0.05) is 17.7 Å². The van der Waals surface area contributed by atoms with Crippen LogP contribution >= 0.6 is 11.6 Å². The molecule has 1 saturated heterocycles. The van der Waals surface area contributed by atoms with Crippen LogP contribution in [0.1, 0.15) is 32.7 Å². The molecule has 0 amide bonds. The molecule has 0 saturated carbocycles. The van der Waals surface area contributed by atoms with E-state index in [0.29, 0.717) is 17.0 Å². The first-order chi connectivity index (χ1) is 8.98. The number of imidazole rings is 1. The summed E-state index contributed by atoms with van der Waals surface area (Å²) < 4.78 is 7.87. The Kier molecular flexibility index (Phi) is 2.95. The molecule has 102 valence electrons. The van der Waals surface area contributed by atoms with Gasteiger partial charge in [-0.3, -0.25) is 0 Å². The minimum atomic E-state index is -0.121. The number of para-hydroxylation sites is 1. The van der Waals surface area contributed by atoms with Crippen LogP contribution in [-0.4, -0.2) is 21.8 Å². The fourth-order valence-electron chi connectivity index (χ4n) is 2.90. The van der Waals surface area contributed by atoms with Gasteiger partial charge in [-0.2, -0.15) is 0 Å². The van der Waals surface area contributed by atoms with E-state index in [0.717, 1.165) is 30.5 Å². The summed E-state index contributed by atoms with van der Waals surface area (Å²) in [7, 11) is 0. The van der Waals surface area contributed by atoms with Gasteiger partial charge >= 0.3 is 0 Å². The molecule has 0 bridgehead atoms. The van der Waals surface area contributed by atoms with Gasteiger partial charge in [-0.25, -0.2) is 4.98 Å². The molecule has 1 aromatic carbocycles. The summed E-state index contributed by atoms with van der Waals surface area (Å²) in [6.07, 6.45) is 1.88. The van der Waals surface area contributed by atoms with Gasteiger partial charge in [0.1, 0.15) is 5.52 Å². The molecular formula is C14H18ClN3O. The lowest BCUT2D eigenvalue weighted by Crippen LogP contribution is -2.35. The van der Waals surface area contributed by atoms with Gasteiger partial charge in [0.25, 0.3) is 0 Å². The normalized spacial score (nSPS) is 22.8. The molecule has 2 aromatic rings. The van der Waals surface area contributed by atoms with Crippen molar-refractivity contribution in [3.8, 4) is 0 Å². The largest absolute Gasteiger partial charge is 0.375 e. The van der Waals surface area contributed by atoms with Crippen LogP contribution in [0.3, 0.4) is 0 Å². The van der Waals surface area contributed by atoms with Crippen molar-refractivity contribution in [2.24, 2.45) is 0 Å². The van der Waals surface area contributed by atoms with E-state index >= 15 is 0 Å². The minimum absolute atomic E-state index is 0.121. The van der Waals surface area contributed by atoms with Crippen LogP contribution < -0.4 is 5.73 Å². The molecule has 1 aliphatic rings. The highest BCUT2D eigenvalue weighted by Crippen LogP contribution is 2.36. The van der Waals surface area contributed by atoms with Crippen LogP contribution in [0.5, 0.6) is 0 Å². The number of hydrogen-bond donors (Lipinski definition) is 1. The predicted molar refractivity (Wildman–Crippen MR) is 77.5 cm³/mol. The van der Waals surface area contributed by atoms with Gasteiger partial charge in [-0.15, -0.1) is 0 Å². The Balaban J connectivity index is 2.10. The number of aromatic nitrogens is 2. The summed E-state index contributed by atoms with van der Waals surface area (Å²) in [5.41, 5.74) is 7.76. The van der Waals surface area contributed by atoms with Gasteiger partial charge in [0, 0.05) is 12.6 Å². The zero-order valence-corrected chi connectivity index (χ0v) is 11.9. The number of nitrogens with zero attached hydrogens (tertiary/aromatic N) is 2. The second-order valence-corrected chi connectivity index (χ2v) is 6.11. The molecule has 0 radical (unpaired) electrons. The van der Waals surface area contributed by atoms with Gasteiger partial charge < -0.3 is 15.0 Å². The molecule has 1 fully saturated rings. The first-order valence-corrected chi connectivity index (χ1v) is 6.92. The quantitative estimate of drug-likeness (QED) is 0.870. The monoisotopic (exact) mass is 279 g/mol. The third-order valence-corrected chi connectivity index (χ3v) is 4.04. The highest BCUT2D eigenvalue weighted by atomic mass is 35.5. The van der Waals surface area contributed by atoms with Crippen LogP contribution in [0, 0.1) is 0 Å². The van der Waals surface area contributed by atoms with Crippen molar-refractivity contribution in [2.45, 2.75) is 38.3 Å². The number of benzene rings is 1. The molecule has 1 aliphatic heterocycles. The average Bonchev–Trinajstić information content (AvgIpc) is 2.66. The first kappa shape index (κ1) is 12.8. The fraction of sp³-hybridized carbons (Fsp3) is 0.500. The summed E-state index contributed by atoms with van der Waals surface area (Å²) in [5.74, 6) is 0.533. The van der Waals surface area contributed by atoms with Crippen LogP contribution in [0.25, 0.3) is 11.0 Å². The number of anilines is 1. The van der Waals surface area contributed by atoms with E-state index in [1.54, 1.807) is 0 Å². The Morgan fingerprint density at radius 2 is 2.26 bits per heavy atom. The van der Waals surface area contributed by atoms with Crippen LogP contribution in [-0.2, 0) is 4.74 Å². The van der Waals surface area contributed by atoms with Crippen molar-refractivity contribution in [2.75, 3.05) is 12.3 Å². The maximum Gasteiger partial charge on any atom is 0.201 e. The Bertz CT molecular complexity index is 620. The standard InChI is InChI=1S/C14H18ClN3O/c1-14(2)8-9(6-7-19-14)18-11-5-3-4-10(15)12(11)17-13(18)16/h3-5,9H,6-8H2,1-2H3,(H2,16,17). The summed E-state index contributed by atoms with van der Waals surface area (Å²) in [4.78, 5) is 4.40. The van der Waals surface area contributed by atoms with E-state index < -0.39 is 0 Å². The van der Waals surface area contributed by atoms with Crippen LogP contribution in [0.15, 0.2) is 18.2 Å². The SMILES string of the molecule is CC1(C)CC(n2c(N)nc3c(Cl)cccc32)CCO1. The van der Waals surface area contributed by atoms with Crippen molar-refractivity contribution in [1.29, 1.82) is 0 Å². The number of rotatable bonds is 1. The van der Waals surface area contributed by atoms with E-state index in [2.05, 4.69) is 23.4 Å². The molecule has 19 heavy (non-hydrogen) atoms. The molecule has 2 heterocycles. The lowest BCUT2D eigenvalue weighted by Gasteiger charge is -2.36. The summed E-state index contributed by atoms with van der Waals surface area (Å²) in [6, 6.07) is 6.11. The third kappa shape index (κ3) is 2.19. The number of fused-ring (bicyclic) bond motifs is 1. The van der Waals surface area contributed by atoms with Gasteiger partial charge in [-0.05, 0) is 38.8 Å². The van der Waals surface area contributed by atoms with E-state index in [1.165, 1.54) is 0 Å². The van der Waals surface area contributed by atoms with E-state index in [-0.39, 0.29) is 5.60 Å². The molecule has 5 heteroatoms. The van der Waals surface area contributed by atoms with Crippen LogP contribution in [0.4, 0.5) is 5.95 Å². The van der Waals surface area contributed by atoms with E-state index in [9.17, 15) is 0 Å². The molecule has 1 aromatic heterocycles. The number of ether oxygens (including phenoxy) is 1. The highest BCUT2D eigenvalue weighted by Gasteiger charge is 2.31. The van der Waals surface area contributed by atoms with E-state index in [4.69, 9.17) is 22.1 Å². The lowest BCUT2D eigenvalue weighted by atomic mass is 9.93. The Morgan fingerprint density at radius 3 is 3.00 bits per heavy atom. The second kappa shape index (κ2) is 4.39. The molecular weight excluding hydrogens is 262 g/mol. The number of halogens is 1. The second-order valence-electron chi connectivity index (χ2n) is 5.70. The number of nitrogen functional groups attached to an aromatic ring is 1. The van der Waals surface area contributed by atoms with Gasteiger partial charge in [0.15, 0.2) is 0 Å². The molecule has 2 N–H and O–H groups in total. The Morgan fingerprint density at radius 1 is 1.47 bits per heavy atom. The summed E-state index contributed by atoms with van der Waals surface area (Å²) in [6.45, 7) is 4.97. The molecule has 4 nitrogen and oxygen atoms in total. The zero-order chi connectivity index (χ0) is 13.6. The smallest absolute Gasteiger partial charge is 0.201 e. The predicted octanol–water partition coefficient (Wildman–Crippen LogP) is 3.40. The maximum absolute atomic E-state index is 6.18. The molecule has 1 atom stereocenters. The number of nitrogens with two attached hydrogens (primary N) is 1. The fourth-order valence-corrected chi connectivity index (χ4v) is 3.12. The van der Waals surface area contributed by atoms with E-state index in [1.807, 2.05) is 18.2 Å². The van der Waals surface area contributed by atoms with Gasteiger partial charge in [0.2, 0.25) is 5.95 Å². The van der Waals surface area contributed by atoms with Crippen molar-refractivity contribution < 1.29 is 4.74 Å². The molecule has 0 aliphatic carbocycles. The molecule has 3 rings (SSSR count). The third-order valence-electron chi connectivity index (χ3n) is 3.73. The van der Waals surface area contributed by atoms with Crippen molar-refractivity contribution in [3.63, 3.8) is 0 Å². The van der Waals surface area contributed by atoms with Crippen molar-refractivity contribution in [3.05, 3.63) is 23.2 Å².